The third kappa shape index (κ3) is 4.42. The number of hydrogen-bond acceptors (Lipinski definition) is 2. The van der Waals surface area contributed by atoms with Crippen LogP contribution in [0.3, 0.4) is 0 Å². The van der Waals surface area contributed by atoms with Gasteiger partial charge in [-0.3, -0.25) is 0 Å². The Morgan fingerprint density at radius 2 is 1.11 bits per heavy atom. The van der Waals surface area contributed by atoms with Gasteiger partial charge in [-0.1, -0.05) is 141 Å². The van der Waals surface area contributed by atoms with Crippen molar-refractivity contribution in [2.75, 3.05) is 4.90 Å². The van der Waals surface area contributed by atoms with Crippen LogP contribution in [0, 0.1) is 0 Å². The molecule has 0 N–H and O–H groups in total. The van der Waals surface area contributed by atoms with Gasteiger partial charge in [-0.2, -0.15) is 0 Å². The minimum Gasteiger partial charge on any atom is -0.455 e. The zero-order valence-electron chi connectivity index (χ0n) is 30.1. The molecule has 0 bridgehead atoms. The third-order valence-electron chi connectivity index (χ3n) is 11.6. The third-order valence-corrected chi connectivity index (χ3v) is 11.6. The van der Waals surface area contributed by atoms with E-state index in [2.05, 4.69) is 205 Å². The van der Waals surface area contributed by atoms with Crippen LogP contribution < -0.4 is 4.90 Å². The summed E-state index contributed by atoms with van der Waals surface area (Å²) in [7, 11) is 0. The van der Waals surface area contributed by atoms with Gasteiger partial charge in [0, 0.05) is 33.2 Å². The molecule has 0 fully saturated rings. The standard InChI is InChI=1S/C51H36N2O/c1-51(2)42-22-12-9-19-38(42)39-30-29-37(31-43(39)51)52(36-27-25-34(26-28-36)33-15-5-3-6-16-33)45-32-46-48(50-49(45)41-21-11-14-24-47(41)54-50)40-20-10-13-23-44(40)53(46)35-17-7-4-8-18-35/h3-32H,1-2H3. The predicted octanol–water partition coefficient (Wildman–Crippen LogP) is 14.1. The van der Waals surface area contributed by atoms with Gasteiger partial charge in [-0.25, -0.2) is 0 Å². The molecular formula is C51H36N2O. The van der Waals surface area contributed by atoms with Gasteiger partial charge in [0.1, 0.15) is 11.2 Å². The van der Waals surface area contributed by atoms with Gasteiger partial charge in [0.05, 0.1) is 27.5 Å². The first-order valence-corrected chi connectivity index (χ1v) is 18.7. The minimum atomic E-state index is -0.147. The highest BCUT2D eigenvalue weighted by molar-refractivity contribution is 6.28. The van der Waals surface area contributed by atoms with Crippen molar-refractivity contribution >= 4 is 60.8 Å². The van der Waals surface area contributed by atoms with Crippen LogP contribution in [0.4, 0.5) is 17.1 Å². The average molecular weight is 693 g/mol. The van der Waals surface area contributed by atoms with E-state index in [4.69, 9.17) is 4.42 Å². The summed E-state index contributed by atoms with van der Waals surface area (Å²) in [6.07, 6.45) is 0. The molecule has 0 spiro atoms. The van der Waals surface area contributed by atoms with Crippen molar-refractivity contribution in [2.24, 2.45) is 0 Å². The van der Waals surface area contributed by atoms with Crippen molar-refractivity contribution in [2.45, 2.75) is 19.3 Å². The highest BCUT2D eigenvalue weighted by Crippen LogP contribution is 2.53. The van der Waals surface area contributed by atoms with Crippen molar-refractivity contribution in [3.63, 3.8) is 0 Å². The maximum Gasteiger partial charge on any atom is 0.147 e. The fraction of sp³-hybridized carbons (Fsp3) is 0.0588. The van der Waals surface area contributed by atoms with Gasteiger partial charge in [-0.05, 0) is 88.0 Å². The normalized spacial score (nSPS) is 13.1. The van der Waals surface area contributed by atoms with Crippen LogP contribution in [0.2, 0.25) is 0 Å². The van der Waals surface area contributed by atoms with Crippen LogP contribution in [0.5, 0.6) is 0 Å². The Labute approximate surface area is 314 Å². The molecule has 2 heterocycles. The van der Waals surface area contributed by atoms with Crippen LogP contribution in [0.1, 0.15) is 25.0 Å². The van der Waals surface area contributed by atoms with Crippen molar-refractivity contribution in [1.29, 1.82) is 0 Å². The molecule has 10 aromatic rings. The van der Waals surface area contributed by atoms with Gasteiger partial charge < -0.3 is 13.9 Å². The molecule has 3 heteroatoms. The summed E-state index contributed by atoms with van der Waals surface area (Å²) in [5.41, 5.74) is 16.0. The summed E-state index contributed by atoms with van der Waals surface area (Å²) in [5, 5.41) is 4.49. The smallest absolute Gasteiger partial charge is 0.147 e. The van der Waals surface area contributed by atoms with Crippen LogP contribution in [-0.4, -0.2) is 4.57 Å². The zero-order chi connectivity index (χ0) is 36.0. The Morgan fingerprint density at radius 1 is 0.481 bits per heavy atom. The molecule has 8 aromatic carbocycles. The molecule has 1 aliphatic rings. The first kappa shape index (κ1) is 30.8. The van der Waals surface area contributed by atoms with Crippen LogP contribution in [0.15, 0.2) is 186 Å². The number of nitrogens with zero attached hydrogens (tertiary/aromatic N) is 2. The summed E-state index contributed by atoms with van der Waals surface area (Å²) in [5.74, 6) is 0. The van der Waals surface area contributed by atoms with Crippen molar-refractivity contribution in [1.82, 2.24) is 4.57 Å². The fourth-order valence-electron chi connectivity index (χ4n) is 9.04. The molecular weight excluding hydrogens is 657 g/mol. The van der Waals surface area contributed by atoms with E-state index < -0.39 is 0 Å². The first-order valence-electron chi connectivity index (χ1n) is 18.7. The number of furan rings is 1. The summed E-state index contributed by atoms with van der Waals surface area (Å²) < 4.78 is 9.36. The number of benzene rings is 8. The molecule has 3 nitrogen and oxygen atoms in total. The lowest BCUT2D eigenvalue weighted by atomic mass is 9.82. The molecule has 2 aromatic heterocycles. The SMILES string of the molecule is CC1(C)c2ccccc2-c2ccc(N(c3ccc(-c4ccccc4)cc3)c3cc4c(c5ccccc5n4-c4ccccc4)c4oc5ccccc5c34)cc21. The molecule has 1 aliphatic carbocycles. The Hall–Kier alpha value is -6.84. The Bertz CT molecular complexity index is 3060. The van der Waals surface area contributed by atoms with E-state index in [1.54, 1.807) is 0 Å². The van der Waals surface area contributed by atoms with Crippen molar-refractivity contribution in [3.8, 4) is 27.9 Å². The van der Waals surface area contributed by atoms with E-state index in [9.17, 15) is 0 Å². The molecule has 0 aliphatic heterocycles. The topological polar surface area (TPSA) is 21.3 Å². The van der Waals surface area contributed by atoms with Crippen molar-refractivity contribution in [3.05, 3.63) is 193 Å². The van der Waals surface area contributed by atoms with Gasteiger partial charge in [-0.15, -0.1) is 0 Å². The number of para-hydroxylation sites is 3. The molecule has 54 heavy (non-hydrogen) atoms. The highest BCUT2D eigenvalue weighted by Gasteiger charge is 2.36. The van der Waals surface area contributed by atoms with Gasteiger partial charge in [0.25, 0.3) is 0 Å². The lowest BCUT2D eigenvalue weighted by Gasteiger charge is -2.29. The molecule has 256 valence electrons. The molecule has 0 saturated heterocycles. The van der Waals surface area contributed by atoms with Gasteiger partial charge in [0.15, 0.2) is 0 Å². The van der Waals surface area contributed by atoms with E-state index in [1.165, 1.54) is 38.8 Å². The maximum absolute atomic E-state index is 6.97. The van der Waals surface area contributed by atoms with Crippen molar-refractivity contribution < 1.29 is 4.42 Å². The molecule has 0 amide bonds. The largest absolute Gasteiger partial charge is 0.455 e. The summed E-state index contributed by atoms with van der Waals surface area (Å²) in [6.45, 7) is 4.71. The van der Waals surface area contributed by atoms with Crippen LogP contribution >= 0.6 is 0 Å². The molecule has 0 saturated carbocycles. The fourth-order valence-corrected chi connectivity index (χ4v) is 9.04. The quantitative estimate of drug-likeness (QED) is 0.179. The Morgan fingerprint density at radius 3 is 1.93 bits per heavy atom. The van der Waals surface area contributed by atoms with E-state index >= 15 is 0 Å². The maximum atomic E-state index is 6.97. The summed E-state index contributed by atoms with van der Waals surface area (Å²) in [4.78, 5) is 2.45. The van der Waals surface area contributed by atoms with Crippen LogP contribution in [0.25, 0.3) is 71.7 Å². The molecule has 0 unspecified atom stereocenters. The second-order valence-electron chi connectivity index (χ2n) is 14.9. The zero-order valence-corrected chi connectivity index (χ0v) is 30.1. The second kappa shape index (κ2) is 11.6. The number of hydrogen-bond donors (Lipinski definition) is 0. The van der Waals surface area contributed by atoms with Crippen LogP contribution in [-0.2, 0) is 5.41 Å². The number of aromatic nitrogens is 1. The summed E-state index contributed by atoms with van der Waals surface area (Å²) in [6, 6.07) is 65.8. The lowest BCUT2D eigenvalue weighted by molar-refractivity contribution is 0.660. The molecule has 0 radical (unpaired) electrons. The monoisotopic (exact) mass is 692 g/mol. The van der Waals surface area contributed by atoms with E-state index in [1.807, 2.05) is 0 Å². The van der Waals surface area contributed by atoms with Gasteiger partial charge >= 0.3 is 0 Å². The van der Waals surface area contributed by atoms with E-state index in [0.29, 0.717) is 0 Å². The lowest BCUT2D eigenvalue weighted by Crippen LogP contribution is -2.16. The predicted molar refractivity (Wildman–Crippen MR) is 226 cm³/mol. The Kier molecular flexibility index (Phi) is 6.60. The molecule has 11 rings (SSSR count). The van der Waals surface area contributed by atoms with E-state index in [0.717, 1.165) is 61.1 Å². The number of rotatable bonds is 5. The summed E-state index contributed by atoms with van der Waals surface area (Å²) >= 11 is 0. The number of anilines is 3. The Balaban J connectivity index is 1.25. The number of fused-ring (bicyclic) bond motifs is 10. The van der Waals surface area contributed by atoms with E-state index in [-0.39, 0.29) is 5.41 Å². The highest BCUT2D eigenvalue weighted by atomic mass is 16.3. The minimum absolute atomic E-state index is 0.147. The molecule has 0 atom stereocenters. The second-order valence-corrected chi connectivity index (χ2v) is 14.9. The average Bonchev–Trinajstić information content (AvgIpc) is 3.85. The first-order chi connectivity index (χ1) is 26.6. The van der Waals surface area contributed by atoms with Gasteiger partial charge in [0.2, 0.25) is 0 Å².